The molecule has 4 rings (SSSR count). The van der Waals surface area contributed by atoms with E-state index >= 15 is 0 Å². The van der Waals surface area contributed by atoms with Gasteiger partial charge < -0.3 is 35.0 Å². The molecule has 4 N–H and O–H groups in total. The molecule has 0 saturated heterocycles. The number of aliphatic hydroxyl groups is 3. The van der Waals surface area contributed by atoms with Crippen LogP contribution in [0.3, 0.4) is 0 Å². The van der Waals surface area contributed by atoms with E-state index in [2.05, 4.69) is 27.9 Å². The van der Waals surface area contributed by atoms with Crippen molar-refractivity contribution in [3.8, 4) is 11.5 Å². The summed E-state index contributed by atoms with van der Waals surface area (Å²) in [6.45, 7) is -0.238. The third kappa shape index (κ3) is 7.07. The Hall–Kier alpha value is -1.89. The highest BCUT2D eigenvalue weighted by molar-refractivity contribution is 14.1. The van der Waals surface area contributed by atoms with E-state index in [0.29, 0.717) is 26.2 Å². The Morgan fingerprint density at radius 1 is 1.08 bits per heavy atom. The molecule has 39 heavy (non-hydrogen) atoms. The topological polar surface area (TPSA) is 129 Å². The molecule has 3 atom stereocenters. The lowest BCUT2D eigenvalue weighted by Crippen LogP contribution is -2.59. The molecule has 9 nitrogen and oxygen atoms in total. The summed E-state index contributed by atoms with van der Waals surface area (Å²) in [5.41, 5.74) is 1.08. The smallest absolute Gasteiger partial charge is 0.247 e. The number of hydrogen-bond acceptors (Lipinski definition) is 7. The fourth-order valence-electron chi connectivity index (χ4n) is 5.88. The number of nitrogens with zero attached hydrogens (tertiary/aromatic N) is 1. The lowest BCUT2D eigenvalue weighted by Gasteiger charge is -2.46. The van der Waals surface area contributed by atoms with Gasteiger partial charge in [0.05, 0.1) is 29.9 Å². The minimum absolute atomic E-state index is 0.0132. The largest absolute Gasteiger partial charge is 0.493 e. The van der Waals surface area contributed by atoms with Crippen LogP contribution in [0.1, 0.15) is 69.8 Å². The van der Waals surface area contributed by atoms with E-state index in [9.17, 15) is 24.9 Å². The Kier molecular flexibility index (Phi) is 10.9. The molecule has 1 aromatic carbocycles. The van der Waals surface area contributed by atoms with Crippen molar-refractivity contribution in [3.05, 3.63) is 32.9 Å². The molecule has 0 aliphatic heterocycles. The number of amides is 2. The molecular formula is C29H41IN2O7. The van der Waals surface area contributed by atoms with Crippen molar-refractivity contribution in [1.29, 1.82) is 0 Å². The molecule has 3 aliphatic rings. The first-order valence-electron chi connectivity index (χ1n) is 14.1. The van der Waals surface area contributed by atoms with Crippen LogP contribution in [0.2, 0.25) is 0 Å². The molecule has 2 saturated carbocycles. The van der Waals surface area contributed by atoms with Gasteiger partial charge in [-0.25, -0.2) is 0 Å². The van der Waals surface area contributed by atoms with Crippen LogP contribution in [0.15, 0.2) is 23.8 Å². The summed E-state index contributed by atoms with van der Waals surface area (Å²) in [4.78, 5) is 28.9. The number of ether oxygens (including phenoxy) is 2. The maximum Gasteiger partial charge on any atom is 0.247 e. The number of rotatable bonds is 10. The molecule has 10 heteroatoms. The summed E-state index contributed by atoms with van der Waals surface area (Å²) in [6.07, 6.45) is 8.73. The van der Waals surface area contributed by atoms with Gasteiger partial charge in [0, 0.05) is 30.5 Å². The van der Waals surface area contributed by atoms with E-state index in [0.717, 1.165) is 57.8 Å². The minimum Gasteiger partial charge on any atom is -0.493 e. The Labute approximate surface area is 244 Å². The van der Waals surface area contributed by atoms with Gasteiger partial charge in [-0.1, -0.05) is 32.1 Å². The zero-order valence-electron chi connectivity index (χ0n) is 22.6. The number of halogens is 1. The fraction of sp³-hybridized carbons (Fsp3) is 0.655. The van der Waals surface area contributed by atoms with Gasteiger partial charge in [-0.15, -0.1) is 0 Å². The van der Waals surface area contributed by atoms with Crippen molar-refractivity contribution < 1.29 is 34.4 Å². The van der Waals surface area contributed by atoms with Crippen LogP contribution in [0, 0.1) is 9.49 Å². The molecule has 2 amide bonds. The van der Waals surface area contributed by atoms with E-state index in [1.165, 1.54) is 7.11 Å². The van der Waals surface area contributed by atoms with Gasteiger partial charge in [-0.05, 0) is 72.0 Å². The molecule has 0 radical (unpaired) electrons. The van der Waals surface area contributed by atoms with Gasteiger partial charge in [0.25, 0.3) is 0 Å². The number of methoxy groups -OCH3 is 1. The highest BCUT2D eigenvalue weighted by Crippen LogP contribution is 2.39. The minimum atomic E-state index is -1.07. The summed E-state index contributed by atoms with van der Waals surface area (Å²) >= 11 is 2.10. The van der Waals surface area contributed by atoms with E-state index in [1.807, 2.05) is 4.90 Å². The number of carbonyl (C=O) groups excluding carboxylic acids is 2. The Morgan fingerprint density at radius 3 is 2.38 bits per heavy atom. The standard InChI is InChI=1S/C29H41IN2O7/c1-38-25-14-18(17-34)13-22(30)27(25)39-24-16-20(28(36)31-11-12-33)15-23(26(24)35)32(29(37)19-7-6-8-19)21-9-4-2-3-5-10-21/h13-14,16,19,21,23-24,26,33-35H,2-12,15,17H2,1H3,(H,31,36). The molecule has 216 valence electrons. The molecule has 0 heterocycles. The second-order valence-corrected chi connectivity index (χ2v) is 12.0. The molecular weight excluding hydrogens is 615 g/mol. The van der Waals surface area contributed by atoms with Gasteiger partial charge in [0.15, 0.2) is 11.5 Å². The van der Waals surface area contributed by atoms with Gasteiger partial charge in [-0.3, -0.25) is 9.59 Å². The quantitative estimate of drug-likeness (QED) is 0.225. The molecule has 0 spiro atoms. The Balaban J connectivity index is 1.71. The summed E-state index contributed by atoms with van der Waals surface area (Å²) in [5.74, 6) is 0.504. The number of aliphatic hydroxyl groups excluding tert-OH is 3. The monoisotopic (exact) mass is 656 g/mol. The van der Waals surface area contributed by atoms with Crippen LogP contribution in [-0.2, 0) is 16.2 Å². The third-order valence-electron chi connectivity index (χ3n) is 8.22. The molecule has 0 bridgehead atoms. The average Bonchev–Trinajstić information content (AvgIpc) is 3.18. The second kappa shape index (κ2) is 14.1. The fourth-order valence-corrected chi connectivity index (χ4v) is 6.67. The van der Waals surface area contributed by atoms with Crippen LogP contribution in [-0.4, -0.2) is 76.6 Å². The van der Waals surface area contributed by atoms with Gasteiger partial charge in [0.2, 0.25) is 11.8 Å². The zero-order valence-corrected chi connectivity index (χ0v) is 24.8. The van der Waals surface area contributed by atoms with Gasteiger partial charge >= 0.3 is 0 Å². The first-order chi connectivity index (χ1) is 18.9. The number of benzene rings is 1. The van der Waals surface area contributed by atoms with Crippen molar-refractivity contribution in [3.63, 3.8) is 0 Å². The van der Waals surface area contributed by atoms with Crippen LogP contribution >= 0.6 is 22.6 Å². The van der Waals surface area contributed by atoms with Crippen molar-refractivity contribution in [2.24, 2.45) is 5.92 Å². The van der Waals surface area contributed by atoms with Crippen LogP contribution in [0.5, 0.6) is 11.5 Å². The normalized spacial score (nSPS) is 24.2. The summed E-state index contributed by atoms with van der Waals surface area (Å²) < 4.78 is 12.6. The van der Waals surface area contributed by atoms with E-state index in [1.54, 1.807) is 18.2 Å². The zero-order chi connectivity index (χ0) is 27.9. The van der Waals surface area contributed by atoms with Crippen molar-refractivity contribution in [2.75, 3.05) is 20.3 Å². The van der Waals surface area contributed by atoms with Crippen molar-refractivity contribution >= 4 is 34.4 Å². The van der Waals surface area contributed by atoms with Crippen LogP contribution < -0.4 is 14.8 Å². The van der Waals surface area contributed by atoms with Crippen molar-refractivity contribution in [1.82, 2.24) is 10.2 Å². The van der Waals surface area contributed by atoms with E-state index < -0.39 is 18.2 Å². The van der Waals surface area contributed by atoms with Crippen LogP contribution in [0.25, 0.3) is 0 Å². The van der Waals surface area contributed by atoms with Gasteiger partial charge in [-0.2, -0.15) is 0 Å². The van der Waals surface area contributed by atoms with Crippen molar-refractivity contribution in [2.45, 2.75) is 95.1 Å². The molecule has 0 aromatic heterocycles. The number of nitrogens with one attached hydrogen (secondary N) is 1. The number of hydrogen-bond donors (Lipinski definition) is 4. The summed E-state index contributed by atoms with van der Waals surface area (Å²) in [6, 6.07) is 2.85. The summed E-state index contributed by atoms with van der Waals surface area (Å²) in [7, 11) is 1.51. The van der Waals surface area contributed by atoms with E-state index in [4.69, 9.17) is 9.47 Å². The maximum absolute atomic E-state index is 13.9. The average molecular weight is 657 g/mol. The lowest BCUT2D eigenvalue weighted by atomic mass is 9.81. The number of carbonyl (C=O) groups is 2. The molecule has 3 aliphatic carbocycles. The first-order valence-corrected chi connectivity index (χ1v) is 15.2. The van der Waals surface area contributed by atoms with E-state index in [-0.39, 0.29) is 50.0 Å². The first kappa shape index (κ1) is 30.1. The molecule has 1 aromatic rings. The maximum atomic E-state index is 13.9. The predicted octanol–water partition coefficient (Wildman–Crippen LogP) is 3.06. The third-order valence-corrected chi connectivity index (χ3v) is 9.03. The molecule has 3 unspecified atom stereocenters. The second-order valence-electron chi connectivity index (χ2n) is 10.8. The lowest BCUT2D eigenvalue weighted by molar-refractivity contribution is -0.149. The highest BCUT2D eigenvalue weighted by Gasteiger charge is 2.45. The SMILES string of the molecule is COc1cc(CO)cc(I)c1OC1C=C(C(=O)NCCO)CC(N(C(=O)C2CCC2)C2CCCCCC2)C1O. The Morgan fingerprint density at radius 2 is 1.79 bits per heavy atom. The summed E-state index contributed by atoms with van der Waals surface area (Å²) in [5, 5.41) is 33.4. The molecule has 2 fully saturated rings. The predicted molar refractivity (Wildman–Crippen MR) is 154 cm³/mol. The highest BCUT2D eigenvalue weighted by atomic mass is 127. The Bertz CT molecular complexity index is 1040. The van der Waals surface area contributed by atoms with Crippen LogP contribution in [0.4, 0.5) is 0 Å². The van der Waals surface area contributed by atoms with Gasteiger partial charge in [0.1, 0.15) is 12.2 Å².